The van der Waals surface area contributed by atoms with Gasteiger partial charge in [0, 0.05) is 19.4 Å². The van der Waals surface area contributed by atoms with E-state index in [0.29, 0.717) is 13.0 Å². The van der Waals surface area contributed by atoms with Crippen LogP contribution in [0, 0.1) is 5.92 Å². The molecule has 18 heavy (non-hydrogen) atoms. The van der Waals surface area contributed by atoms with E-state index in [9.17, 15) is 14.4 Å². The summed E-state index contributed by atoms with van der Waals surface area (Å²) in [6, 6.07) is -0.873. The summed E-state index contributed by atoms with van der Waals surface area (Å²) in [4.78, 5) is 33.5. The van der Waals surface area contributed by atoms with Crippen molar-refractivity contribution in [1.82, 2.24) is 10.6 Å². The summed E-state index contributed by atoms with van der Waals surface area (Å²) in [5.41, 5.74) is 0. The van der Waals surface area contributed by atoms with Crippen LogP contribution in [0.1, 0.15) is 40.0 Å². The maximum absolute atomic E-state index is 11.5. The van der Waals surface area contributed by atoms with Crippen LogP contribution in [0.4, 0.5) is 0 Å². The Morgan fingerprint density at radius 1 is 1.11 bits per heavy atom. The fourth-order valence-corrected chi connectivity index (χ4v) is 1.45. The highest BCUT2D eigenvalue weighted by atomic mass is 16.4. The van der Waals surface area contributed by atoms with Gasteiger partial charge in [0.15, 0.2) is 0 Å². The maximum Gasteiger partial charge on any atom is 0.326 e. The van der Waals surface area contributed by atoms with E-state index < -0.39 is 12.0 Å². The Kier molecular flexibility index (Phi) is 7.74. The first kappa shape index (κ1) is 16.4. The third-order valence-corrected chi connectivity index (χ3v) is 2.43. The van der Waals surface area contributed by atoms with Crippen LogP contribution in [-0.4, -0.2) is 35.5 Å². The number of carboxylic acids is 1. The molecular weight excluding hydrogens is 236 g/mol. The molecule has 0 spiro atoms. The lowest BCUT2D eigenvalue weighted by Gasteiger charge is -2.17. The fraction of sp³-hybridized carbons (Fsp3) is 0.750. The highest BCUT2D eigenvalue weighted by molar-refractivity contribution is 5.84. The van der Waals surface area contributed by atoms with E-state index in [2.05, 4.69) is 10.6 Å². The van der Waals surface area contributed by atoms with Crippen LogP contribution in [0.25, 0.3) is 0 Å². The van der Waals surface area contributed by atoms with E-state index in [1.54, 1.807) is 13.8 Å². The molecule has 0 aliphatic heterocycles. The van der Waals surface area contributed by atoms with E-state index >= 15 is 0 Å². The molecule has 0 heterocycles. The molecule has 0 aliphatic rings. The SMILES string of the molecule is CCNC(=O)CCCC(=O)N[C@H](C(=O)O)C(C)C. The number of amides is 2. The van der Waals surface area contributed by atoms with Crippen molar-refractivity contribution in [2.75, 3.05) is 6.54 Å². The topological polar surface area (TPSA) is 95.5 Å². The Bertz CT molecular complexity index is 302. The summed E-state index contributed by atoms with van der Waals surface area (Å²) in [6.07, 6.45) is 0.858. The molecular formula is C12H22N2O4. The molecule has 3 N–H and O–H groups in total. The molecule has 0 saturated heterocycles. The lowest BCUT2D eigenvalue weighted by Crippen LogP contribution is -2.44. The van der Waals surface area contributed by atoms with E-state index in [0.717, 1.165) is 0 Å². The average Bonchev–Trinajstić information content (AvgIpc) is 2.25. The summed E-state index contributed by atoms with van der Waals surface area (Å²) in [7, 11) is 0. The van der Waals surface area contributed by atoms with Gasteiger partial charge in [-0.15, -0.1) is 0 Å². The molecule has 6 heteroatoms. The molecule has 0 bridgehead atoms. The number of hydrogen-bond acceptors (Lipinski definition) is 3. The Morgan fingerprint density at radius 2 is 1.67 bits per heavy atom. The third kappa shape index (κ3) is 6.88. The smallest absolute Gasteiger partial charge is 0.326 e. The Balaban J connectivity index is 3.96. The van der Waals surface area contributed by atoms with Gasteiger partial charge in [-0.25, -0.2) is 4.79 Å². The van der Waals surface area contributed by atoms with Gasteiger partial charge in [-0.05, 0) is 19.3 Å². The zero-order chi connectivity index (χ0) is 14.1. The second-order valence-corrected chi connectivity index (χ2v) is 4.43. The van der Waals surface area contributed by atoms with Gasteiger partial charge in [-0.3, -0.25) is 9.59 Å². The van der Waals surface area contributed by atoms with E-state index in [1.165, 1.54) is 0 Å². The Morgan fingerprint density at radius 3 is 2.11 bits per heavy atom. The van der Waals surface area contributed by atoms with Crippen LogP contribution in [-0.2, 0) is 14.4 Å². The minimum Gasteiger partial charge on any atom is -0.480 e. The highest BCUT2D eigenvalue weighted by Gasteiger charge is 2.22. The summed E-state index contributed by atoms with van der Waals surface area (Å²) in [5.74, 6) is -1.64. The molecule has 0 saturated carbocycles. The predicted octanol–water partition coefficient (Wildman–Crippen LogP) is 0.518. The number of rotatable bonds is 8. The van der Waals surface area contributed by atoms with Crippen LogP contribution in [0.15, 0.2) is 0 Å². The van der Waals surface area contributed by atoms with Crippen LogP contribution in [0.3, 0.4) is 0 Å². The molecule has 0 aromatic heterocycles. The van der Waals surface area contributed by atoms with Gasteiger partial charge in [0.1, 0.15) is 6.04 Å². The lowest BCUT2D eigenvalue weighted by molar-refractivity contribution is -0.143. The van der Waals surface area contributed by atoms with Crippen LogP contribution in [0.2, 0.25) is 0 Å². The third-order valence-electron chi connectivity index (χ3n) is 2.43. The molecule has 0 fully saturated rings. The maximum atomic E-state index is 11.5. The summed E-state index contributed by atoms with van der Waals surface area (Å²) >= 11 is 0. The number of carbonyl (C=O) groups excluding carboxylic acids is 2. The average molecular weight is 258 g/mol. The van der Waals surface area contributed by atoms with Crippen LogP contribution < -0.4 is 10.6 Å². The fourth-order valence-electron chi connectivity index (χ4n) is 1.45. The standard InChI is InChI=1S/C12H22N2O4/c1-4-13-9(15)6-5-7-10(16)14-11(8(2)3)12(17)18/h8,11H,4-7H2,1-3H3,(H,13,15)(H,14,16)(H,17,18)/t11-/m0/s1. The number of aliphatic carboxylic acids is 1. The predicted molar refractivity (Wildman–Crippen MR) is 66.9 cm³/mol. The second kappa shape index (κ2) is 8.49. The minimum absolute atomic E-state index is 0.0936. The van der Waals surface area contributed by atoms with Crippen molar-refractivity contribution in [2.45, 2.75) is 46.1 Å². The molecule has 0 radical (unpaired) electrons. The van der Waals surface area contributed by atoms with Crippen molar-refractivity contribution >= 4 is 17.8 Å². The molecule has 0 aromatic rings. The Hall–Kier alpha value is -1.59. The first-order valence-electron chi connectivity index (χ1n) is 6.17. The van der Waals surface area contributed by atoms with Gasteiger partial charge in [-0.1, -0.05) is 13.8 Å². The molecule has 1 atom stereocenters. The van der Waals surface area contributed by atoms with Crippen LogP contribution >= 0.6 is 0 Å². The summed E-state index contributed by atoms with van der Waals surface area (Å²) in [5, 5.41) is 14.0. The van der Waals surface area contributed by atoms with Gasteiger partial charge in [0.05, 0.1) is 0 Å². The van der Waals surface area contributed by atoms with Gasteiger partial charge in [0.2, 0.25) is 11.8 Å². The van der Waals surface area contributed by atoms with Gasteiger partial charge in [-0.2, -0.15) is 0 Å². The van der Waals surface area contributed by atoms with E-state index in [4.69, 9.17) is 5.11 Å². The van der Waals surface area contributed by atoms with Crippen molar-refractivity contribution in [2.24, 2.45) is 5.92 Å². The van der Waals surface area contributed by atoms with Crippen molar-refractivity contribution in [1.29, 1.82) is 0 Å². The summed E-state index contributed by atoms with van der Waals surface area (Å²) < 4.78 is 0. The highest BCUT2D eigenvalue weighted by Crippen LogP contribution is 2.03. The number of carbonyl (C=O) groups is 3. The molecule has 104 valence electrons. The minimum atomic E-state index is -1.04. The molecule has 2 amide bonds. The van der Waals surface area contributed by atoms with Crippen LogP contribution in [0.5, 0.6) is 0 Å². The molecule has 0 aliphatic carbocycles. The molecule has 0 unspecified atom stereocenters. The quantitative estimate of drug-likeness (QED) is 0.591. The summed E-state index contributed by atoms with van der Waals surface area (Å²) in [6.45, 7) is 5.85. The van der Waals surface area contributed by atoms with Crippen molar-refractivity contribution < 1.29 is 19.5 Å². The first-order valence-corrected chi connectivity index (χ1v) is 6.17. The normalized spacial score (nSPS) is 12.0. The largest absolute Gasteiger partial charge is 0.480 e. The van der Waals surface area contributed by atoms with Gasteiger partial charge < -0.3 is 15.7 Å². The van der Waals surface area contributed by atoms with Crippen molar-refractivity contribution in [3.05, 3.63) is 0 Å². The zero-order valence-electron chi connectivity index (χ0n) is 11.2. The zero-order valence-corrected chi connectivity index (χ0v) is 11.2. The number of nitrogens with one attached hydrogen (secondary N) is 2. The van der Waals surface area contributed by atoms with Crippen molar-refractivity contribution in [3.63, 3.8) is 0 Å². The monoisotopic (exact) mass is 258 g/mol. The molecule has 6 nitrogen and oxygen atoms in total. The van der Waals surface area contributed by atoms with E-state index in [-0.39, 0.29) is 30.6 Å². The van der Waals surface area contributed by atoms with E-state index in [1.807, 2.05) is 6.92 Å². The second-order valence-electron chi connectivity index (χ2n) is 4.43. The van der Waals surface area contributed by atoms with Gasteiger partial charge in [0.25, 0.3) is 0 Å². The molecule has 0 rings (SSSR count). The number of hydrogen-bond donors (Lipinski definition) is 3. The van der Waals surface area contributed by atoms with Gasteiger partial charge >= 0.3 is 5.97 Å². The van der Waals surface area contributed by atoms with Crippen molar-refractivity contribution in [3.8, 4) is 0 Å². The number of carboxylic acid groups (broad SMARTS) is 1. The molecule has 0 aromatic carbocycles. The Labute approximate surface area is 107 Å². The lowest BCUT2D eigenvalue weighted by atomic mass is 10.0. The first-order chi connectivity index (χ1) is 8.38.